The van der Waals surface area contributed by atoms with E-state index in [9.17, 15) is 4.39 Å². The molecule has 0 aromatic heterocycles. The van der Waals surface area contributed by atoms with Crippen LogP contribution in [0, 0.1) is 5.82 Å². The monoisotopic (exact) mass is 332 g/mol. The van der Waals surface area contributed by atoms with Crippen LogP contribution in [-0.2, 0) is 5.33 Å². The van der Waals surface area contributed by atoms with Crippen LogP contribution < -0.4 is 0 Å². The van der Waals surface area contributed by atoms with Crippen LogP contribution in [0.1, 0.15) is 5.56 Å². The first-order chi connectivity index (χ1) is 8.15. The SMILES string of the molecule is Fc1cccc(-c2cccc(Cl)c2Cl)c1CBr. The molecule has 0 N–H and O–H groups in total. The topological polar surface area (TPSA) is 0 Å². The molecule has 4 heteroatoms. The zero-order chi connectivity index (χ0) is 12.4. The highest BCUT2D eigenvalue weighted by Crippen LogP contribution is 2.36. The minimum Gasteiger partial charge on any atom is -0.207 e. The molecule has 0 spiro atoms. The number of rotatable bonds is 2. The van der Waals surface area contributed by atoms with Gasteiger partial charge in [0.2, 0.25) is 0 Å². The van der Waals surface area contributed by atoms with Crippen molar-refractivity contribution < 1.29 is 4.39 Å². The average Bonchev–Trinajstić information content (AvgIpc) is 2.32. The third-order valence-electron chi connectivity index (χ3n) is 2.49. The van der Waals surface area contributed by atoms with Gasteiger partial charge in [-0.25, -0.2) is 4.39 Å². The summed E-state index contributed by atoms with van der Waals surface area (Å²) < 4.78 is 13.7. The van der Waals surface area contributed by atoms with E-state index >= 15 is 0 Å². The van der Waals surface area contributed by atoms with E-state index in [1.54, 1.807) is 18.2 Å². The fourth-order valence-electron chi connectivity index (χ4n) is 1.66. The minimum atomic E-state index is -0.254. The van der Waals surface area contributed by atoms with Crippen LogP contribution >= 0.6 is 39.1 Å². The van der Waals surface area contributed by atoms with Crippen LogP contribution in [0.2, 0.25) is 10.0 Å². The zero-order valence-electron chi connectivity index (χ0n) is 8.68. The minimum absolute atomic E-state index is 0.254. The van der Waals surface area contributed by atoms with Gasteiger partial charge in [-0.05, 0) is 17.7 Å². The quantitative estimate of drug-likeness (QED) is 0.619. The molecule has 0 bridgehead atoms. The lowest BCUT2D eigenvalue weighted by Gasteiger charge is -2.10. The Bertz CT molecular complexity index is 555. The maximum atomic E-state index is 13.7. The second-order valence-electron chi connectivity index (χ2n) is 3.50. The highest BCUT2D eigenvalue weighted by Gasteiger charge is 2.13. The zero-order valence-corrected chi connectivity index (χ0v) is 11.8. The molecule has 0 atom stereocenters. The third kappa shape index (κ3) is 2.49. The molecule has 0 radical (unpaired) electrons. The molecule has 0 saturated heterocycles. The van der Waals surface area contributed by atoms with E-state index in [1.165, 1.54) is 6.07 Å². The molecule has 0 heterocycles. The third-order valence-corrected chi connectivity index (χ3v) is 3.87. The summed E-state index contributed by atoms with van der Waals surface area (Å²) >= 11 is 15.4. The van der Waals surface area contributed by atoms with E-state index in [1.807, 2.05) is 12.1 Å². The highest BCUT2D eigenvalue weighted by molar-refractivity contribution is 9.08. The Morgan fingerprint density at radius 2 is 1.65 bits per heavy atom. The normalized spacial score (nSPS) is 10.6. The van der Waals surface area contributed by atoms with Crippen LogP contribution in [0.4, 0.5) is 4.39 Å². The first-order valence-electron chi connectivity index (χ1n) is 4.93. The summed E-state index contributed by atoms with van der Waals surface area (Å²) in [5.41, 5.74) is 2.08. The molecule has 0 nitrogen and oxygen atoms in total. The first kappa shape index (κ1) is 12.9. The predicted molar refractivity (Wildman–Crippen MR) is 74.5 cm³/mol. The van der Waals surface area contributed by atoms with E-state index in [0.717, 1.165) is 11.1 Å². The number of hydrogen-bond acceptors (Lipinski definition) is 0. The molecule has 2 aromatic rings. The maximum Gasteiger partial charge on any atom is 0.127 e. The van der Waals surface area contributed by atoms with Crippen molar-refractivity contribution in [1.29, 1.82) is 0 Å². The van der Waals surface area contributed by atoms with E-state index in [0.29, 0.717) is 20.9 Å². The van der Waals surface area contributed by atoms with Gasteiger partial charge in [0.05, 0.1) is 10.0 Å². The number of hydrogen-bond donors (Lipinski definition) is 0. The highest BCUT2D eigenvalue weighted by atomic mass is 79.9. The molecule has 0 aliphatic heterocycles. The van der Waals surface area contributed by atoms with Gasteiger partial charge in [0.15, 0.2) is 0 Å². The van der Waals surface area contributed by atoms with Crippen molar-refractivity contribution in [3.05, 3.63) is 57.8 Å². The summed E-state index contributed by atoms with van der Waals surface area (Å²) in [5.74, 6) is -0.254. The van der Waals surface area contributed by atoms with Crippen molar-refractivity contribution in [2.24, 2.45) is 0 Å². The van der Waals surface area contributed by atoms with Gasteiger partial charge >= 0.3 is 0 Å². The van der Waals surface area contributed by atoms with Crippen LogP contribution in [0.25, 0.3) is 11.1 Å². The Labute approximate surface area is 117 Å². The van der Waals surface area contributed by atoms with Crippen molar-refractivity contribution in [2.75, 3.05) is 0 Å². The van der Waals surface area contributed by atoms with Crippen LogP contribution in [-0.4, -0.2) is 0 Å². The maximum absolute atomic E-state index is 13.7. The molecule has 2 rings (SSSR count). The van der Waals surface area contributed by atoms with Gasteiger partial charge < -0.3 is 0 Å². The largest absolute Gasteiger partial charge is 0.207 e. The Morgan fingerprint density at radius 1 is 1.00 bits per heavy atom. The van der Waals surface area contributed by atoms with E-state index < -0.39 is 0 Å². The second kappa shape index (κ2) is 5.38. The van der Waals surface area contributed by atoms with E-state index in [2.05, 4.69) is 15.9 Å². The van der Waals surface area contributed by atoms with Gasteiger partial charge in [-0.1, -0.05) is 63.4 Å². The van der Waals surface area contributed by atoms with Crippen molar-refractivity contribution in [2.45, 2.75) is 5.33 Å². The van der Waals surface area contributed by atoms with Crippen molar-refractivity contribution >= 4 is 39.1 Å². The average molecular weight is 334 g/mol. The van der Waals surface area contributed by atoms with Crippen molar-refractivity contribution in [3.63, 3.8) is 0 Å². The predicted octanol–water partition coefficient (Wildman–Crippen LogP) is 5.69. The van der Waals surface area contributed by atoms with Gasteiger partial charge in [0.1, 0.15) is 5.82 Å². The lowest BCUT2D eigenvalue weighted by Crippen LogP contribution is -1.92. The number of halogens is 4. The van der Waals surface area contributed by atoms with E-state index in [4.69, 9.17) is 23.2 Å². The number of alkyl halides is 1. The van der Waals surface area contributed by atoms with Gasteiger partial charge in [0.25, 0.3) is 0 Å². The second-order valence-corrected chi connectivity index (χ2v) is 4.85. The van der Waals surface area contributed by atoms with Gasteiger partial charge in [-0.15, -0.1) is 0 Å². The Hall–Kier alpha value is -0.570. The van der Waals surface area contributed by atoms with Gasteiger partial charge in [-0.2, -0.15) is 0 Å². The van der Waals surface area contributed by atoms with E-state index in [-0.39, 0.29) is 5.82 Å². The number of benzene rings is 2. The molecule has 0 aliphatic rings. The summed E-state index contributed by atoms with van der Waals surface area (Å²) in [6, 6.07) is 10.3. The summed E-state index contributed by atoms with van der Waals surface area (Å²) in [7, 11) is 0. The summed E-state index contributed by atoms with van der Waals surface area (Å²) in [4.78, 5) is 0. The molecular weight excluding hydrogens is 326 g/mol. The van der Waals surface area contributed by atoms with Crippen LogP contribution in [0.3, 0.4) is 0 Å². The standard InChI is InChI=1S/C13H8BrCl2F/c14-7-10-8(3-2-6-12(10)17)9-4-1-5-11(15)13(9)16/h1-6H,7H2. The molecule has 0 fully saturated rings. The molecular formula is C13H8BrCl2F. The lowest BCUT2D eigenvalue weighted by atomic mass is 10.0. The first-order valence-corrected chi connectivity index (χ1v) is 6.80. The molecule has 0 aliphatic carbocycles. The molecule has 0 unspecified atom stereocenters. The molecule has 88 valence electrons. The summed E-state index contributed by atoms with van der Waals surface area (Å²) in [6.45, 7) is 0. The van der Waals surface area contributed by atoms with Crippen LogP contribution in [0.5, 0.6) is 0 Å². The summed E-state index contributed by atoms with van der Waals surface area (Å²) in [5, 5.41) is 1.34. The molecule has 0 amide bonds. The van der Waals surface area contributed by atoms with Crippen molar-refractivity contribution in [1.82, 2.24) is 0 Å². The van der Waals surface area contributed by atoms with Crippen molar-refractivity contribution in [3.8, 4) is 11.1 Å². The van der Waals surface area contributed by atoms with Crippen LogP contribution in [0.15, 0.2) is 36.4 Å². The fraction of sp³-hybridized carbons (Fsp3) is 0.0769. The molecule has 2 aromatic carbocycles. The molecule has 17 heavy (non-hydrogen) atoms. The Kier molecular flexibility index (Phi) is 4.08. The fourth-order valence-corrected chi connectivity index (χ4v) is 2.63. The Morgan fingerprint density at radius 3 is 2.35 bits per heavy atom. The smallest absolute Gasteiger partial charge is 0.127 e. The lowest BCUT2D eigenvalue weighted by molar-refractivity contribution is 0.618. The Balaban J connectivity index is 2.68. The molecule has 0 saturated carbocycles. The summed E-state index contributed by atoms with van der Waals surface area (Å²) in [6.07, 6.45) is 0. The van der Waals surface area contributed by atoms with Gasteiger partial charge in [0, 0.05) is 16.5 Å². The van der Waals surface area contributed by atoms with Gasteiger partial charge in [-0.3, -0.25) is 0 Å².